The fraction of sp³-hybridized carbons (Fsp3) is 1.00. The molecule has 0 N–H and O–H groups in total. The molecule has 0 atom stereocenters. The lowest BCUT2D eigenvalue weighted by Crippen LogP contribution is -2.38. The SMILES string of the molecule is CCCCO[Si](CCC)(CCC)CCCBr. The zero-order chi connectivity index (χ0) is 12.3. The third kappa shape index (κ3) is 7.07. The topological polar surface area (TPSA) is 9.23 Å². The summed E-state index contributed by atoms with van der Waals surface area (Å²) in [6, 6.07) is 4.07. The van der Waals surface area contributed by atoms with Gasteiger partial charge in [0.05, 0.1) is 0 Å². The second-order valence-electron chi connectivity index (χ2n) is 4.68. The lowest BCUT2D eigenvalue weighted by atomic mass is 10.4. The fourth-order valence-electron chi connectivity index (χ4n) is 2.32. The largest absolute Gasteiger partial charge is 0.417 e. The van der Waals surface area contributed by atoms with Gasteiger partial charge in [-0.25, -0.2) is 0 Å². The van der Waals surface area contributed by atoms with Gasteiger partial charge in [-0.2, -0.15) is 0 Å². The van der Waals surface area contributed by atoms with Crippen molar-refractivity contribution >= 4 is 24.2 Å². The summed E-state index contributed by atoms with van der Waals surface area (Å²) >= 11 is 3.55. The fourth-order valence-corrected chi connectivity index (χ4v) is 7.53. The van der Waals surface area contributed by atoms with Crippen molar-refractivity contribution in [2.24, 2.45) is 0 Å². The maximum Gasteiger partial charge on any atom is 0.192 e. The minimum Gasteiger partial charge on any atom is -0.417 e. The van der Waals surface area contributed by atoms with E-state index in [0.717, 1.165) is 11.9 Å². The highest BCUT2D eigenvalue weighted by molar-refractivity contribution is 9.09. The Morgan fingerprint density at radius 3 is 1.94 bits per heavy atom. The van der Waals surface area contributed by atoms with Crippen LogP contribution in [0.15, 0.2) is 0 Å². The van der Waals surface area contributed by atoms with Gasteiger partial charge in [0.25, 0.3) is 0 Å². The molecule has 16 heavy (non-hydrogen) atoms. The maximum absolute atomic E-state index is 6.37. The lowest BCUT2D eigenvalue weighted by Gasteiger charge is -2.31. The number of hydrogen-bond donors (Lipinski definition) is 0. The van der Waals surface area contributed by atoms with E-state index in [1.54, 1.807) is 0 Å². The van der Waals surface area contributed by atoms with Crippen LogP contribution in [0.1, 0.15) is 52.9 Å². The number of hydrogen-bond acceptors (Lipinski definition) is 1. The van der Waals surface area contributed by atoms with Gasteiger partial charge in [0.2, 0.25) is 0 Å². The molecule has 0 bridgehead atoms. The van der Waals surface area contributed by atoms with Crippen molar-refractivity contribution in [3.63, 3.8) is 0 Å². The summed E-state index contributed by atoms with van der Waals surface area (Å²) in [7, 11) is -1.38. The minimum absolute atomic E-state index is 1.00. The molecule has 0 saturated heterocycles. The van der Waals surface area contributed by atoms with Crippen molar-refractivity contribution in [1.82, 2.24) is 0 Å². The first kappa shape index (κ1) is 16.7. The zero-order valence-corrected chi connectivity index (χ0v) is 13.9. The molecule has 0 aliphatic heterocycles. The summed E-state index contributed by atoms with van der Waals surface area (Å²) in [5.74, 6) is 0. The highest BCUT2D eigenvalue weighted by atomic mass is 79.9. The molecule has 0 heterocycles. The molecule has 0 aromatic carbocycles. The van der Waals surface area contributed by atoms with E-state index in [2.05, 4.69) is 36.7 Å². The second kappa shape index (κ2) is 10.8. The van der Waals surface area contributed by atoms with E-state index in [1.165, 1.54) is 50.2 Å². The molecule has 0 saturated carbocycles. The molecule has 0 spiro atoms. The van der Waals surface area contributed by atoms with Crippen molar-refractivity contribution < 1.29 is 4.43 Å². The quantitative estimate of drug-likeness (QED) is 0.284. The Kier molecular flexibility index (Phi) is 11.2. The van der Waals surface area contributed by atoms with E-state index < -0.39 is 8.32 Å². The highest BCUT2D eigenvalue weighted by Crippen LogP contribution is 2.28. The monoisotopic (exact) mass is 308 g/mol. The van der Waals surface area contributed by atoms with Gasteiger partial charge in [0.1, 0.15) is 0 Å². The van der Waals surface area contributed by atoms with Crippen molar-refractivity contribution in [2.75, 3.05) is 11.9 Å². The molecule has 0 rings (SSSR count). The predicted molar refractivity (Wildman–Crippen MR) is 80.0 cm³/mol. The van der Waals surface area contributed by atoms with Crippen LogP contribution in [0.2, 0.25) is 18.1 Å². The van der Waals surface area contributed by atoms with Gasteiger partial charge < -0.3 is 4.43 Å². The van der Waals surface area contributed by atoms with Crippen molar-refractivity contribution in [3.8, 4) is 0 Å². The average molecular weight is 309 g/mol. The summed E-state index contributed by atoms with van der Waals surface area (Å²) in [6.45, 7) is 7.85. The van der Waals surface area contributed by atoms with Crippen LogP contribution in [0.5, 0.6) is 0 Å². The second-order valence-corrected chi connectivity index (χ2v) is 9.63. The summed E-state index contributed by atoms with van der Waals surface area (Å²) in [5.41, 5.74) is 0. The number of halogens is 1. The van der Waals surface area contributed by atoms with Crippen LogP contribution in [-0.4, -0.2) is 20.3 Å². The molecule has 3 heteroatoms. The molecule has 0 fully saturated rings. The van der Waals surface area contributed by atoms with Gasteiger partial charge in [0, 0.05) is 11.9 Å². The summed E-state index contributed by atoms with van der Waals surface area (Å²) in [5, 5.41) is 1.13. The molecule has 0 radical (unpaired) electrons. The first-order valence-electron chi connectivity index (χ1n) is 6.94. The molecular weight excluding hydrogens is 280 g/mol. The molecule has 0 aliphatic carbocycles. The standard InChI is InChI=1S/C13H29BrOSi/c1-4-7-10-15-16(11-5-2,12-6-3)13-8-9-14/h4-13H2,1-3H3. The van der Waals surface area contributed by atoms with Crippen LogP contribution in [-0.2, 0) is 4.43 Å². The van der Waals surface area contributed by atoms with E-state index in [9.17, 15) is 0 Å². The van der Waals surface area contributed by atoms with Crippen LogP contribution < -0.4 is 0 Å². The molecule has 0 unspecified atom stereocenters. The van der Waals surface area contributed by atoms with Gasteiger partial charge in [-0.1, -0.05) is 56.0 Å². The molecule has 0 aliphatic rings. The molecule has 0 aromatic rings. The van der Waals surface area contributed by atoms with E-state index >= 15 is 0 Å². The molecule has 98 valence electrons. The first-order valence-corrected chi connectivity index (χ1v) is 10.6. The van der Waals surface area contributed by atoms with Crippen LogP contribution >= 0.6 is 15.9 Å². The Bertz CT molecular complexity index is 147. The maximum atomic E-state index is 6.37. The number of unbranched alkanes of at least 4 members (excludes halogenated alkanes) is 1. The summed E-state index contributed by atoms with van der Waals surface area (Å²) in [6.07, 6.45) is 6.36. The van der Waals surface area contributed by atoms with Crippen LogP contribution in [0.4, 0.5) is 0 Å². The Labute approximate surface area is 112 Å². The Morgan fingerprint density at radius 1 is 0.875 bits per heavy atom. The van der Waals surface area contributed by atoms with E-state index in [1.807, 2.05) is 0 Å². The average Bonchev–Trinajstić information content (AvgIpc) is 2.27. The number of alkyl halides is 1. The zero-order valence-electron chi connectivity index (χ0n) is 11.4. The van der Waals surface area contributed by atoms with Crippen LogP contribution in [0.25, 0.3) is 0 Å². The highest BCUT2D eigenvalue weighted by Gasteiger charge is 2.32. The molecule has 0 aromatic heterocycles. The number of rotatable bonds is 11. The predicted octanol–water partition coefficient (Wildman–Crippen LogP) is 5.35. The van der Waals surface area contributed by atoms with Gasteiger partial charge in [-0.3, -0.25) is 0 Å². The van der Waals surface area contributed by atoms with Gasteiger partial charge in [0.15, 0.2) is 8.32 Å². The van der Waals surface area contributed by atoms with Crippen molar-refractivity contribution in [3.05, 3.63) is 0 Å². The third-order valence-corrected chi connectivity index (χ3v) is 8.55. The van der Waals surface area contributed by atoms with E-state index in [-0.39, 0.29) is 0 Å². The van der Waals surface area contributed by atoms with Gasteiger partial charge in [-0.05, 0) is 31.0 Å². The summed E-state index contributed by atoms with van der Waals surface area (Å²) < 4.78 is 6.37. The lowest BCUT2D eigenvalue weighted by molar-refractivity contribution is 0.288. The third-order valence-electron chi connectivity index (χ3n) is 3.08. The molecule has 1 nitrogen and oxygen atoms in total. The Balaban J connectivity index is 4.24. The first-order chi connectivity index (χ1) is 7.74. The molecule has 0 amide bonds. The van der Waals surface area contributed by atoms with Crippen molar-refractivity contribution in [2.45, 2.75) is 71.0 Å². The Morgan fingerprint density at radius 2 is 1.50 bits per heavy atom. The van der Waals surface area contributed by atoms with Crippen molar-refractivity contribution in [1.29, 1.82) is 0 Å². The smallest absolute Gasteiger partial charge is 0.192 e. The Hall–Kier alpha value is 0.657. The van der Waals surface area contributed by atoms with E-state index in [0.29, 0.717) is 0 Å². The van der Waals surface area contributed by atoms with Gasteiger partial charge >= 0.3 is 0 Å². The van der Waals surface area contributed by atoms with Crippen LogP contribution in [0.3, 0.4) is 0 Å². The summed E-state index contributed by atoms with van der Waals surface area (Å²) in [4.78, 5) is 0. The molecular formula is C13H29BrOSi. The van der Waals surface area contributed by atoms with Gasteiger partial charge in [-0.15, -0.1) is 0 Å². The normalized spacial score (nSPS) is 12.0. The minimum atomic E-state index is -1.38. The van der Waals surface area contributed by atoms with E-state index in [4.69, 9.17) is 4.43 Å². The van der Waals surface area contributed by atoms with Crippen LogP contribution in [0, 0.1) is 0 Å².